The highest BCUT2D eigenvalue weighted by Crippen LogP contribution is 2.24. The van der Waals surface area contributed by atoms with Gasteiger partial charge in [-0.15, -0.1) is 11.6 Å². The zero-order chi connectivity index (χ0) is 11.4. The molecule has 0 atom stereocenters. The fourth-order valence-electron chi connectivity index (χ4n) is 1.37. The lowest BCUT2D eigenvalue weighted by molar-refractivity contribution is 0.102. The number of hydrogen-bond acceptors (Lipinski definition) is 3. The average molecular weight is 224 g/mol. The van der Waals surface area contributed by atoms with E-state index in [2.05, 4.69) is 0 Å². The number of nitrogens with zero attached hydrogens (tertiary/aromatic N) is 1. The lowest BCUT2D eigenvalue weighted by Gasteiger charge is -2.08. The fraction of sp³-hybridized carbons (Fsp3) is 0.273. The third-order valence-corrected chi connectivity index (χ3v) is 2.42. The van der Waals surface area contributed by atoms with E-state index in [1.165, 1.54) is 7.11 Å². The predicted octanol–water partition coefficient (Wildman–Crippen LogP) is 2.30. The zero-order valence-electron chi connectivity index (χ0n) is 8.50. The van der Waals surface area contributed by atoms with E-state index in [9.17, 15) is 4.79 Å². The number of carbonyl (C=O) groups excluding carboxylic acids is 1. The Bertz CT molecular complexity index is 435. The van der Waals surface area contributed by atoms with Crippen LogP contribution in [0.5, 0.6) is 5.75 Å². The summed E-state index contributed by atoms with van der Waals surface area (Å²) in [4.78, 5) is 11.4. The van der Waals surface area contributed by atoms with Crippen molar-refractivity contribution in [1.82, 2.24) is 0 Å². The monoisotopic (exact) mass is 223 g/mol. The fourth-order valence-corrected chi connectivity index (χ4v) is 1.51. The van der Waals surface area contributed by atoms with E-state index < -0.39 is 0 Å². The summed E-state index contributed by atoms with van der Waals surface area (Å²) in [7, 11) is 1.48. The Balaban J connectivity index is 3.37. The van der Waals surface area contributed by atoms with Gasteiger partial charge in [0.05, 0.1) is 18.6 Å². The van der Waals surface area contributed by atoms with Gasteiger partial charge in [0.15, 0.2) is 5.78 Å². The van der Waals surface area contributed by atoms with Gasteiger partial charge in [-0.2, -0.15) is 5.26 Å². The van der Waals surface area contributed by atoms with Crippen LogP contribution in [0.25, 0.3) is 0 Å². The second-order valence-electron chi connectivity index (χ2n) is 2.98. The van der Waals surface area contributed by atoms with Crippen molar-refractivity contribution in [3.05, 3.63) is 28.8 Å². The Hall–Kier alpha value is -1.53. The van der Waals surface area contributed by atoms with E-state index in [-0.39, 0.29) is 11.7 Å². The van der Waals surface area contributed by atoms with Crippen molar-refractivity contribution in [1.29, 1.82) is 5.26 Å². The molecule has 0 amide bonds. The topological polar surface area (TPSA) is 50.1 Å². The number of nitriles is 1. The molecule has 0 unspecified atom stereocenters. The van der Waals surface area contributed by atoms with Crippen LogP contribution in [-0.4, -0.2) is 18.8 Å². The first-order chi connectivity index (χ1) is 7.15. The molecule has 0 heterocycles. The van der Waals surface area contributed by atoms with Gasteiger partial charge in [0.1, 0.15) is 11.8 Å². The molecule has 0 saturated heterocycles. The number of halogens is 1. The standard InChI is InChI=1S/C11H10ClNO2/c1-7-8(10(14)5-12)3-4-11(15-2)9(7)6-13/h3-4H,5H2,1-2H3. The van der Waals surface area contributed by atoms with E-state index in [0.717, 1.165) is 0 Å². The number of Topliss-reactive ketones (excluding diaryl/α,β-unsaturated/α-hetero) is 1. The van der Waals surface area contributed by atoms with E-state index in [1.54, 1.807) is 19.1 Å². The summed E-state index contributed by atoms with van der Waals surface area (Å²) in [6, 6.07) is 5.24. The van der Waals surface area contributed by atoms with Gasteiger partial charge in [0, 0.05) is 5.56 Å². The van der Waals surface area contributed by atoms with Crippen LogP contribution in [0.3, 0.4) is 0 Å². The Kier molecular flexibility index (Phi) is 3.70. The third-order valence-electron chi connectivity index (χ3n) is 2.18. The molecular formula is C11H10ClNO2. The summed E-state index contributed by atoms with van der Waals surface area (Å²) in [6.07, 6.45) is 0. The first-order valence-corrected chi connectivity index (χ1v) is 4.86. The third kappa shape index (κ3) is 2.11. The summed E-state index contributed by atoms with van der Waals surface area (Å²) in [5.74, 6) is 0.201. The Morgan fingerprint density at radius 3 is 2.73 bits per heavy atom. The van der Waals surface area contributed by atoms with Crippen molar-refractivity contribution in [2.45, 2.75) is 6.92 Å². The number of benzene rings is 1. The molecule has 0 N–H and O–H groups in total. The summed E-state index contributed by atoms with van der Waals surface area (Å²) in [5, 5.41) is 8.94. The maximum Gasteiger partial charge on any atom is 0.177 e. The molecule has 0 aromatic heterocycles. The minimum atomic E-state index is -0.187. The van der Waals surface area contributed by atoms with E-state index >= 15 is 0 Å². The van der Waals surface area contributed by atoms with Gasteiger partial charge < -0.3 is 4.74 Å². The van der Waals surface area contributed by atoms with Crippen molar-refractivity contribution >= 4 is 17.4 Å². The van der Waals surface area contributed by atoms with Crippen LogP contribution in [0.15, 0.2) is 12.1 Å². The molecule has 0 aliphatic heterocycles. The molecule has 0 saturated carbocycles. The summed E-state index contributed by atoms with van der Waals surface area (Å²) in [5.41, 5.74) is 1.47. The Morgan fingerprint density at radius 2 is 2.27 bits per heavy atom. The van der Waals surface area contributed by atoms with Crippen molar-refractivity contribution < 1.29 is 9.53 Å². The summed E-state index contributed by atoms with van der Waals surface area (Å²) in [6.45, 7) is 1.71. The van der Waals surface area contributed by atoms with Crippen molar-refractivity contribution in [3.8, 4) is 11.8 Å². The molecule has 0 fully saturated rings. The normalized spacial score (nSPS) is 9.47. The number of alkyl halides is 1. The minimum absolute atomic E-state index is 0.0853. The SMILES string of the molecule is COc1ccc(C(=O)CCl)c(C)c1C#N. The van der Waals surface area contributed by atoms with Crippen LogP contribution < -0.4 is 4.74 Å². The number of hydrogen-bond donors (Lipinski definition) is 0. The Labute approximate surface area is 93.2 Å². The molecule has 1 aromatic rings. The van der Waals surface area contributed by atoms with Gasteiger partial charge in [0.2, 0.25) is 0 Å². The van der Waals surface area contributed by atoms with Crippen molar-refractivity contribution in [3.63, 3.8) is 0 Å². The lowest BCUT2D eigenvalue weighted by atomic mass is 9.99. The van der Waals surface area contributed by atoms with Crippen LogP contribution in [0.2, 0.25) is 0 Å². The number of ketones is 1. The number of ether oxygens (including phenoxy) is 1. The van der Waals surface area contributed by atoms with E-state index in [0.29, 0.717) is 22.4 Å². The van der Waals surface area contributed by atoms with E-state index in [4.69, 9.17) is 21.6 Å². The zero-order valence-corrected chi connectivity index (χ0v) is 9.26. The van der Waals surface area contributed by atoms with Gasteiger partial charge in [-0.25, -0.2) is 0 Å². The van der Waals surface area contributed by atoms with Gasteiger partial charge in [-0.1, -0.05) is 0 Å². The first-order valence-electron chi connectivity index (χ1n) is 4.32. The maximum absolute atomic E-state index is 11.4. The second-order valence-corrected chi connectivity index (χ2v) is 3.25. The molecule has 0 radical (unpaired) electrons. The predicted molar refractivity (Wildman–Crippen MR) is 57.5 cm³/mol. The molecule has 0 bridgehead atoms. The Morgan fingerprint density at radius 1 is 1.60 bits per heavy atom. The largest absolute Gasteiger partial charge is 0.495 e. The van der Waals surface area contributed by atoms with Crippen LogP contribution in [0.1, 0.15) is 21.5 Å². The highest BCUT2D eigenvalue weighted by molar-refractivity contribution is 6.30. The van der Waals surface area contributed by atoms with Crippen molar-refractivity contribution in [2.75, 3.05) is 13.0 Å². The number of rotatable bonds is 3. The lowest BCUT2D eigenvalue weighted by Crippen LogP contribution is -2.05. The van der Waals surface area contributed by atoms with Gasteiger partial charge in [-0.05, 0) is 24.6 Å². The number of carbonyl (C=O) groups is 1. The smallest absolute Gasteiger partial charge is 0.177 e. The van der Waals surface area contributed by atoms with E-state index in [1.807, 2.05) is 6.07 Å². The van der Waals surface area contributed by atoms with Gasteiger partial charge >= 0.3 is 0 Å². The molecule has 1 rings (SSSR count). The van der Waals surface area contributed by atoms with Crippen LogP contribution in [0, 0.1) is 18.3 Å². The molecule has 0 aliphatic rings. The number of methoxy groups -OCH3 is 1. The molecule has 1 aromatic carbocycles. The summed E-state index contributed by atoms with van der Waals surface area (Å²) < 4.78 is 5.02. The van der Waals surface area contributed by atoms with Crippen LogP contribution in [0.4, 0.5) is 0 Å². The van der Waals surface area contributed by atoms with Crippen molar-refractivity contribution in [2.24, 2.45) is 0 Å². The molecule has 15 heavy (non-hydrogen) atoms. The highest BCUT2D eigenvalue weighted by atomic mass is 35.5. The highest BCUT2D eigenvalue weighted by Gasteiger charge is 2.14. The first kappa shape index (κ1) is 11.5. The molecule has 0 spiro atoms. The van der Waals surface area contributed by atoms with Gasteiger partial charge in [0.25, 0.3) is 0 Å². The molecule has 0 aliphatic carbocycles. The quantitative estimate of drug-likeness (QED) is 0.584. The van der Waals surface area contributed by atoms with Gasteiger partial charge in [-0.3, -0.25) is 4.79 Å². The minimum Gasteiger partial charge on any atom is -0.495 e. The molecular weight excluding hydrogens is 214 g/mol. The summed E-state index contributed by atoms with van der Waals surface area (Å²) >= 11 is 5.46. The molecule has 4 heteroatoms. The maximum atomic E-state index is 11.4. The molecule has 3 nitrogen and oxygen atoms in total. The second kappa shape index (κ2) is 4.81. The average Bonchev–Trinajstić information content (AvgIpc) is 2.27. The van der Waals surface area contributed by atoms with Crippen LogP contribution >= 0.6 is 11.6 Å². The van der Waals surface area contributed by atoms with Crippen LogP contribution in [-0.2, 0) is 0 Å². The molecule has 78 valence electrons.